The van der Waals surface area contributed by atoms with Crippen LogP contribution in [0.2, 0.25) is 0 Å². The molecule has 4 aromatic rings. The second-order valence-corrected chi connectivity index (χ2v) is 10.1. The number of nitrogens with zero attached hydrogens (tertiary/aromatic N) is 2. The molecule has 0 aliphatic heterocycles. The minimum absolute atomic E-state index is 0.0169. The van der Waals surface area contributed by atoms with Gasteiger partial charge in [0.1, 0.15) is 0 Å². The molecule has 3 heteroatoms. The van der Waals surface area contributed by atoms with Gasteiger partial charge in [-0.15, -0.1) is 0 Å². The fourth-order valence-electron chi connectivity index (χ4n) is 6.36. The minimum Gasteiger partial charge on any atom is -0.277 e. The highest BCUT2D eigenvalue weighted by Crippen LogP contribution is 2.67. The SMILES string of the molecule is CC1(C)[C@@H]2CC[C@@]1(C)c1c2c(=O)n(-c2ccc3ccccc3c2)n1Cc1ccccc1. The van der Waals surface area contributed by atoms with Crippen molar-refractivity contribution in [1.29, 1.82) is 0 Å². The van der Waals surface area contributed by atoms with Crippen LogP contribution in [0.25, 0.3) is 16.5 Å². The molecular formula is C28H28N2O. The van der Waals surface area contributed by atoms with Gasteiger partial charge in [0.2, 0.25) is 0 Å². The summed E-state index contributed by atoms with van der Waals surface area (Å²) in [6.07, 6.45) is 2.26. The van der Waals surface area contributed by atoms with Crippen molar-refractivity contribution in [2.24, 2.45) is 5.41 Å². The number of aromatic nitrogens is 2. The van der Waals surface area contributed by atoms with E-state index in [1.54, 1.807) is 0 Å². The van der Waals surface area contributed by atoms with Gasteiger partial charge >= 0.3 is 0 Å². The van der Waals surface area contributed by atoms with E-state index in [2.05, 4.69) is 92.2 Å². The van der Waals surface area contributed by atoms with Crippen molar-refractivity contribution in [3.05, 3.63) is 100.0 Å². The lowest BCUT2D eigenvalue weighted by Gasteiger charge is -2.36. The predicted molar refractivity (Wildman–Crippen MR) is 126 cm³/mol. The van der Waals surface area contributed by atoms with Gasteiger partial charge in [-0.3, -0.25) is 9.48 Å². The molecule has 3 nitrogen and oxygen atoms in total. The molecular weight excluding hydrogens is 380 g/mol. The molecule has 31 heavy (non-hydrogen) atoms. The van der Waals surface area contributed by atoms with E-state index in [0.717, 1.165) is 29.5 Å². The average Bonchev–Trinajstić information content (AvgIpc) is 3.26. The van der Waals surface area contributed by atoms with E-state index < -0.39 is 0 Å². The summed E-state index contributed by atoms with van der Waals surface area (Å²) in [7, 11) is 0. The van der Waals surface area contributed by atoms with Gasteiger partial charge in [0.15, 0.2) is 0 Å². The number of rotatable bonds is 3. The molecule has 1 fully saturated rings. The van der Waals surface area contributed by atoms with Crippen LogP contribution >= 0.6 is 0 Å². The Kier molecular flexibility index (Phi) is 3.75. The van der Waals surface area contributed by atoms with E-state index in [4.69, 9.17) is 0 Å². The molecule has 1 aromatic heterocycles. The van der Waals surface area contributed by atoms with Crippen LogP contribution in [0, 0.1) is 5.41 Å². The Morgan fingerprint density at radius 2 is 1.61 bits per heavy atom. The van der Waals surface area contributed by atoms with Crippen molar-refractivity contribution in [2.45, 2.75) is 51.5 Å². The van der Waals surface area contributed by atoms with E-state index in [0.29, 0.717) is 12.5 Å². The van der Waals surface area contributed by atoms with Gasteiger partial charge in [0, 0.05) is 11.0 Å². The van der Waals surface area contributed by atoms with Crippen LogP contribution in [0.1, 0.15) is 56.4 Å². The summed E-state index contributed by atoms with van der Waals surface area (Å²) < 4.78 is 4.24. The second kappa shape index (κ2) is 6.23. The van der Waals surface area contributed by atoms with Crippen LogP contribution in [-0.4, -0.2) is 9.36 Å². The first-order valence-corrected chi connectivity index (χ1v) is 11.3. The van der Waals surface area contributed by atoms with E-state index in [1.807, 2.05) is 10.7 Å². The molecule has 0 N–H and O–H groups in total. The van der Waals surface area contributed by atoms with Gasteiger partial charge in [0.25, 0.3) is 5.56 Å². The summed E-state index contributed by atoms with van der Waals surface area (Å²) in [4.78, 5) is 14.0. The maximum absolute atomic E-state index is 14.0. The maximum atomic E-state index is 14.0. The summed E-state index contributed by atoms with van der Waals surface area (Å²) in [5.74, 6) is 0.337. The zero-order valence-corrected chi connectivity index (χ0v) is 18.4. The number of benzene rings is 3. The summed E-state index contributed by atoms with van der Waals surface area (Å²) in [6, 6.07) is 25.2. The minimum atomic E-state index is 0.0169. The third-order valence-electron chi connectivity index (χ3n) is 8.43. The lowest BCUT2D eigenvalue weighted by Crippen LogP contribution is -2.36. The molecule has 2 atom stereocenters. The Labute approximate surface area is 182 Å². The van der Waals surface area contributed by atoms with Crippen molar-refractivity contribution in [2.75, 3.05) is 0 Å². The molecule has 1 heterocycles. The topological polar surface area (TPSA) is 26.9 Å². The van der Waals surface area contributed by atoms with E-state index in [9.17, 15) is 4.79 Å². The van der Waals surface area contributed by atoms with Crippen molar-refractivity contribution < 1.29 is 0 Å². The molecule has 156 valence electrons. The van der Waals surface area contributed by atoms with Crippen LogP contribution in [0.5, 0.6) is 0 Å². The van der Waals surface area contributed by atoms with Crippen LogP contribution in [0.15, 0.2) is 77.6 Å². The van der Waals surface area contributed by atoms with Gasteiger partial charge in [-0.1, -0.05) is 81.4 Å². The Morgan fingerprint density at radius 1 is 0.903 bits per heavy atom. The Hall–Kier alpha value is -3.07. The molecule has 0 radical (unpaired) electrons. The molecule has 2 aliphatic carbocycles. The molecule has 0 saturated heterocycles. The quantitative estimate of drug-likeness (QED) is 0.407. The molecule has 1 saturated carbocycles. The van der Waals surface area contributed by atoms with Crippen LogP contribution in [0.4, 0.5) is 0 Å². The fraction of sp³-hybridized carbons (Fsp3) is 0.321. The van der Waals surface area contributed by atoms with Gasteiger partial charge in [-0.2, -0.15) is 0 Å². The van der Waals surface area contributed by atoms with Crippen LogP contribution in [0.3, 0.4) is 0 Å². The Bertz CT molecular complexity index is 1380. The maximum Gasteiger partial charge on any atom is 0.275 e. The summed E-state index contributed by atoms with van der Waals surface area (Å²) in [5, 5.41) is 2.36. The highest BCUT2D eigenvalue weighted by molar-refractivity contribution is 5.84. The Morgan fingerprint density at radius 3 is 2.39 bits per heavy atom. The molecule has 0 unspecified atom stereocenters. The third-order valence-corrected chi connectivity index (χ3v) is 8.43. The molecule has 2 aliphatic rings. The van der Waals surface area contributed by atoms with Crippen molar-refractivity contribution >= 4 is 10.8 Å². The van der Waals surface area contributed by atoms with Crippen molar-refractivity contribution in [3.8, 4) is 5.69 Å². The highest BCUT2D eigenvalue weighted by Gasteiger charge is 2.62. The van der Waals surface area contributed by atoms with Crippen molar-refractivity contribution in [3.63, 3.8) is 0 Å². The molecule has 2 bridgehead atoms. The van der Waals surface area contributed by atoms with Gasteiger partial charge in [-0.25, -0.2) is 4.68 Å². The smallest absolute Gasteiger partial charge is 0.275 e. The number of hydrogen-bond donors (Lipinski definition) is 0. The summed E-state index contributed by atoms with van der Waals surface area (Å²) in [6.45, 7) is 7.80. The number of fused-ring (bicyclic) bond motifs is 6. The average molecular weight is 409 g/mol. The molecule has 6 rings (SSSR count). The predicted octanol–water partition coefficient (Wildman–Crippen LogP) is 6.02. The van der Waals surface area contributed by atoms with Crippen molar-refractivity contribution in [1.82, 2.24) is 9.36 Å². The highest BCUT2D eigenvalue weighted by atomic mass is 16.1. The van der Waals surface area contributed by atoms with E-state index in [-0.39, 0.29) is 16.4 Å². The second-order valence-electron chi connectivity index (χ2n) is 10.1. The zero-order chi connectivity index (χ0) is 21.4. The molecule has 0 amide bonds. The third kappa shape index (κ3) is 2.38. The zero-order valence-electron chi connectivity index (χ0n) is 18.4. The summed E-state index contributed by atoms with van der Waals surface area (Å²) in [5.41, 5.74) is 4.79. The van der Waals surface area contributed by atoms with E-state index in [1.165, 1.54) is 16.6 Å². The normalized spacial score (nSPS) is 23.4. The summed E-state index contributed by atoms with van der Waals surface area (Å²) >= 11 is 0. The molecule has 3 aromatic carbocycles. The van der Waals surface area contributed by atoms with E-state index >= 15 is 0 Å². The first-order chi connectivity index (χ1) is 14.9. The monoisotopic (exact) mass is 408 g/mol. The van der Waals surface area contributed by atoms with Gasteiger partial charge in [0.05, 0.1) is 17.9 Å². The Balaban J connectivity index is 1.64. The molecule has 0 spiro atoms. The van der Waals surface area contributed by atoms with Gasteiger partial charge < -0.3 is 0 Å². The first kappa shape index (κ1) is 18.7. The standard InChI is InChI=1S/C28H28N2O/c1-27(2)23-15-16-28(27,3)25-24(23)26(31)30(29(25)18-19-9-5-4-6-10-19)22-14-13-20-11-7-8-12-21(20)17-22/h4-14,17,23H,15-16,18H2,1-3H3/t23-,28+/m1/s1. The fourth-order valence-corrected chi connectivity index (χ4v) is 6.36. The largest absolute Gasteiger partial charge is 0.277 e. The van der Waals surface area contributed by atoms with Crippen LogP contribution in [-0.2, 0) is 12.0 Å². The first-order valence-electron chi connectivity index (χ1n) is 11.3. The lowest BCUT2D eigenvalue weighted by molar-refractivity contribution is 0.216. The van der Waals surface area contributed by atoms with Crippen LogP contribution < -0.4 is 5.56 Å². The van der Waals surface area contributed by atoms with Gasteiger partial charge in [-0.05, 0) is 52.6 Å². The number of hydrogen-bond acceptors (Lipinski definition) is 1. The lowest BCUT2D eigenvalue weighted by atomic mass is 9.70.